The van der Waals surface area contributed by atoms with E-state index in [1.807, 2.05) is 16.5 Å². The van der Waals surface area contributed by atoms with E-state index in [1.54, 1.807) is 18.5 Å². The Kier molecular flexibility index (Phi) is 5.07. The SMILES string of the molecule is Cc1c(C(=O)NC2CCN(c3ncccc3F)C2)cnn1C1CCOCC1. The van der Waals surface area contributed by atoms with Crippen LogP contribution < -0.4 is 10.2 Å². The molecule has 4 rings (SSSR count). The second kappa shape index (κ2) is 7.64. The maximum absolute atomic E-state index is 13.9. The topological polar surface area (TPSA) is 72.3 Å². The van der Waals surface area contributed by atoms with Gasteiger partial charge in [-0.25, -0.2) is 9.37 Å². The lowest BCUT2D eigenvalue weighted by atomic mass is 10.1. The van der Waals surface area contributed by atoms with Crippen molar-refractivity contribution in [2.24, 2.45) is 0 Å². The summed E-state index contributed by atoms with van der Waals surface area (Å²) in [6.07, 6.45) is 5.81. The first-order valence-electron chi connectivity index (χ1n) is 9.41. The number of nitrogens with zero attached hydrogens (tertiary/aromatic N) is 4. The highest BCUT2D eigenvalue weighted by molar-refractivity contribution is 5.95. The molecule has 2 aromatic heterocycles. The van der Waals surface area contributed by atoms with Gasteiger partial charge in [-0.15, -0.1) is 0 Å². The van der Waals surface area contributed by atoms with Crippen molar-refractivity contribution in [1.82, 2.24) is 20.1 Å². The lowest BCUT2D eigenvalue weighted by molar-refractivity contribution is 0.0656. The van der Waals surface area contributed by atoms with Crippen LogP contribution >= 0.6 is 0 Å². The Hall–Kier alpha value is -2.48. The summed E-state index contributed by atoms with van der Waals surface area (Å²) in [7, 11) is 0. The van der Waals surface area contributed by atoms with E-state index < -0.39 is 0 Å². The van der Waals surface area contributed by atoms with Gasteiger partial charge in [-0.05, 0) is 38.3 Å². The maximum Gasteiger partial charge on any atom is 0.255 e. The molecule has 0 aromatic carbocycles. The number of hydrogen-bond acceptors (Lipinski definition) is 5. The van der Waals surface area contributed by atoms with E-state index in [-0.39, 0.29) is 23.8 Å². The van der Waals surface area contributed by atoms with Gasteiger partial charge in [0.05, 0.1) is 17.8 Å². The Labute approximate surface area is 157 Å². The van der Waals surface area contributed by atoms with Gasteiger partial charge in [0.2, 0.25) is 0 Å². The van der Waals surface area contributed by atoms with Crippen LogP contribution in [0.3, 0.4) is 0 Å². The van der Waals surface area contributed by atoms with E-state index >= 15 is 0 Å². The summed E-state index contributed by atoms with van der Waals surface area (Å²) in [6, 6.07) is 3.23. The van der Waals surface area contributed by atoms with Crippen LogP contribution in [-0.4, -0.2) is 53.0 Å². The summed E-state index contributed by atoms with van der Waals surface area (Å²) < 4.78 is 21.3. The van der Waals surface area contributed by atoms with E-state index in [0.717, 1.165) is 38.2 Å². The molecule has 2 saturated heterocycles. The second-order valence-corrected chi connectivity index (χ2v) is 7.15. The van der Waals surface area contributed by atoms with E-state index in [0.29, 0.717) is 24.5 Å². The highest BCUT2D eigenvalue weighted by Crippen LogP contribution is 2.24. The Balaban J connectivity index is 1.40. The Morgan fingerprint density at radius 1 is 1.33 bits per heavy atom. The number of hydrogen-bond donors (Lipinski definition) is 1. The Morgan fingerprint density at radius 2 is 2.15 bits per heavy atom. The minimum Gasteiger partial charge on any atom is -0.381 e. The van der Waals surface area contributed by atoms with Crippen LogP contribution in [-0.2, 0) is 4.74 Å². The molecule has 8 heteroatoms. The molecule has 2 aliphatic heterocycles. The fourth-order valence-electron chi connectivity index (χ4n) is 3.89. The van der Waals surface area contributed by atoms with Crippen LogP contribution in [0.5, 0.6) is 0 Å². The summed E-state index contributed by atoms with van der Waals surface area (Å²) in [6.45, 7) is 4.61. The summed E-state index contributed by atoms with van der Waals surface area (Å²) in [5, 5.41) is 7.50. The quantitative estimate of drug-likeness (QED) is 0.889. The van der Waals surface area contributed by atoms with Crippen molar-refractivity contribution in [3.63, 3.8) is 0 Å². The number of pyridine rings is 1. The van der Waals surface area contributed by atoms with E-state index in [1.165, 1.54) is 6.07 Å². The predicted octanol–water partition coefficient (Wildman–Crippen LogP) is 2.09. The van der Waals surface area contributed by atoms with E-state index in [4.69, 9.17) is 4.74 Å². The molecule has 1 N–H and O–H groups in total. The van der Waals surface area contributed by atoms with Crippen molar-refractivity contribution < 1.29 is 13.9 Å². The minimum absolute atomic E-state index is 0.0373. The van der Waals surface area contributed by atoms with Gasteiger partial charge in [0, 0.05) is 44.2 Å². The first kappa shape index (κ1) is 17.9. The molecule has 2 aromatic rings. The Morgan fingerprint density at radius 3 is 2.93 bits per heavy atom. The lowest BCUT2D eigenvalue weighted by Gasteiger charge is -2.23. The zero-order chi connectivity index (χ0) is 18.8. The van der Waals surface area contributed by atoms with Gasteiger partial charge in [0.15, 0.2) is 11.6 Å². The molecular formula is C19H24FN5O2. The molecule has 2 fully saturated rings. The highest BCUT2D eigenvalue weighted by Gasteiger charge is 2.28. The first-order valence-corrected chi connectivity index (χ1v) is 9.41. The van der Waals surface area contributed by atoms with Crippen molar-refractivity contribution in [3.05, 3.63) is 41.6 Å². The standard InChI is InChI=1S/C19H24FN5O2/c1-13-16(11-22-25(13)15-5-9-27-10-6-15)19(26)23-14-4-8-24(12-14)18-17(20)3-2-7-21-18/h2-3,7,11,14-15H,4-6,8-10,12H2,1H3,(H,23,26). The molecule has 0 radical (unpaired) electrons. The number of anilines is 1. The molecular weight excluding hydrogens is 349 g/mol. The molecule has 27 heavy (non-hydrogen) atoms. The average molecular weight is 373 g/mol. The zero-order valence-corrected chi connectivity index (χ0v) is 15.4. The second-order valence-electron chi connectivity index (χ2n) is 7.15. The molecule has 2 aliphatic rings. The van der Waals surface area contributed by atoms with Gasteiger partial charge in [0.1, 0.15) is 0 Å². The van der Waals surface area contributed by atoms with Crippen molar-refractivity contribution in [3.8, 4) is 0 Å². The summed E-state index contributed by atoms with van der Waals surface area (Å²) in [4.78, 5) is 18.7. The maximum atomic E-state index is 13.9. The van der Waals surface area contributed by atoms with Crippen LogP contribution in [0.15, 0.2) is 24.5 Å². The number of nitrogens with one attached hydrogen (secondary N) is 1. The Bertz CT molecular complexity index is 818. The number of aromatic nitrogens is 3. The van der Waals surface area contributed by atoms with E-state index in [9.17, 15) is 9.18 Å². The van der Waals surface area contributed by atoms with Crippen LogP contribution in [0, 0.1) is 12.7 Å². The number of amides is 1. The van der Waals surface area contributed by atoms with Gasteiger partial charge in [-0.3, -0.25) is 9.48 Å². The number of carbonyl (C=O) groups is 1. The normalized spacial score (nSPS) is 20.8. The van der Waals surface area contributed by atoms with Crippen molar-refractivity contribution in [1.29, 1.82) is 0 Å². The number of rotatable bonds is 4. The van der Waals surface area contributed by atoms with Crippen molar-refractivity contribution >= 4 is 11.7 Å². The van der Waals surface area contributed by atoms with Crippen molar-refractivity contribution in [2.45, 2.75) is 38.3 Å². The van der Waals surface area contributed by atoms with Crippen LogP contribution in [0.2, 0.25) is 0 Å². The van der Waals surface area contributed by atoms with Gasteiger partial charge in [-0.1, -0.05) is 0 Å². The third kappa shape index (κ3) is 3.66. The summed E-state index contributed by atoms with van der Waals surface area (Å²) >= 11 is 0. The van der Waals surface area contributed by atoms with Crippen LogP contribution in [0.25, 0.3) is 0 Å². The molecule has 144 valence electrons. The molecule has 0 bridgehead atoms. The number of ether oxygens (including phenoxy) is 1. The van der Waals surface area contributed by atoms with E-state index in [2.05, 4.69) is 15.4 Å². The first-order chi connectivity index (χ1) is 13.1. The smallest absolute Gasteiger partial charge is 0.255 e. The zero-order valence-electron chi connectivity index (χ0n) is 15.4. The molecule has 0 aliphatic carbocycles. The fourth-order valence-corrected chi connectivity index (χ4v) is 3.89. The molecule has 4 heterocycles. The number of carbonyl (C=O) groups excluding carboxylic acids is 1. The van der Waals surface area contributed by atoms with Gasteiger partial charge in [0.25, 0.3) is 5.91 Å². The molecule has 1 amide bonds. The van der Waals surface area contributed by atoms with Gasteiger partial charge in [-0.2, -0.15) is 5.10 Å². The monoisotopic (exact) mass is 373 g/mol. The van der Waals surface area contributed by atoms with Gasteiger partial charge >= 0.3 is 0 Å². The lowest BCUT2D eigenvalue weighted by Crippen LogP contribution is -2.37. The summed E-state index contributed by atoms with van der Waals surface area (Å²) in [5.74, 6) is -0.116. The van der Waals surface area contributed by atoms with Crippen LogP contribution in [0.4, 0.5) is 10.2 Å². The van der Waals surface area contributed by atoms with Crippen LogP contribution in [0.1, 0.15) is 41.4 Å². The summed E-state index contributed by atoms with van der Waals surface area (Å²) in [5.41, 5.74) is 1.48. The number of halogens is 1. The molecule has 0 spiro atoms. The third-order valence-electron chi connectivity index (χ3n) is 5.39. The third-order valence-corrected chi connectivity index (χ3v) is 5.39. The highest BCUT2D eigenvalue weighted by atomic mass is 19.1. The molecule has 1 unspecified atom stereocenters. The minimum atomic E-state index is -0.335. The molecule has 7 nitrogen and oxygen atoms in total. The fraction of sp³-hybridized carbons (Fsp3) is 0.526. The largest absolute Gasteiger partial charge is 0.381 e. The average Bonchev–Trinajstić information content (AvgIpc) is 3.29. The molecule has 0 saturated carbocycles. The van der Waals surface area contributed by atoms with Gasteiger partial charge < -0.3 is 15.0 Å². The predicted molar refractivity (Wildman–Crippen MR) is 98.3 cm³/mol. The molecule has 1 atom stereocenters. The van der Waals surface area contributed by atoms with Crippen molar-refractivity contribution in [2.75, 3.05) is 31.2 Å².